The van der Waals surface area contributed by atoms with Gasteiger partial charge in [-0.25, -0.2) is 9.37 Å². The third-order valence-electron chi connectivity index (χ3n) is 2.27. The van der Waals surface area contributed by atoms with Gasteiger partial charge >= 0.3 is 0 Å². The van der Waals surface area contributed by atoms with E-state index in [1.54, 1.807) is 19.2 Å². The number of benzene rings is 1. The molecule has 0 spiro atoms. The number of aromatic nitrogens is 1. The molecule has 90 valence electrons. The van der Waals surface area contributed by atoms with Crippen molar-refractivity contribution in [3.8, 4) is 5.75 Å². The smallest absolute Gasteiger partial charge is 0.165 e. The second-order valence-corrected chi connectivity index (χ2v) is 4.56. The highest BCUT2D eigenvalue weighted by Crippen LogP contribution is 2.23. The maximum Gasteiger partial charge on any atom is 0.165 e. The van der Waals surface area contributed by atoms with Crippen LogP contribution in [0.15, 0.2) is 29.8 Å². The topological polar surface area (TPSA) is 42.4 Å². The fraction of sp³-hybridized carbons (Fsp3) is 0.250. The summed E-state index contributed by atoms with van der Waals surface area (Å²) in [6.45, 7) is 1.84. The lowest BCUT2D eigenvalue weighted by atomic mass is 10.1. The van der Waals surface area contributed by atoms with Crippen molar-refractivity contribution < 1.29 is 14.2 Å². The van der Waals surface area contributed by atoms with E-state index in [4.69, 9.17) is 4.74 Å². The van der Waals surface area contributed by atoms with E-state index in [-0.39, 0.29) is 12.4 Å². The highest BCUT2D eigenvalue weighted by Gasteiger charge is 2.08. The lowest BCUT2D eigenvalue weighted by Gasteiger charge is -2.08. The minimum Gasteiger partial charge on any atom is -0.483 e. The second kappa shape index (κ2) is 5.25. The van der Waals surface area contributed by atoms with E-state index in [0.717, 1.165) is 5.01 Å². The highest BCUT2D eigenvalue weighted by molar-refractivity contribution is 7.09. The molecule has 2 aromatic rings. The minimum atomic E-state index is -0.683. The van der Waals surface area contributed by atoms with Crippen molar-refractivity contribution in [3.05, 3.63) is 46.2 Å². The first-order valence-electron chi connectivity index (χ1n) is 5.15. The highest BCUT2D eigenvalue weighted by atomic mass is 32.1. The lowest BCUT2D eigenvalue weighted by molar-refractivity contribution is 0.198. The van der Waals surface area contributed by atoms with Crippen LogP contribution in [0, 0.1) is 5.82 Å². The molecule has 1 unspecified atom stereocenters. The summed E-state index contributed by atoms with van der Waals surface area (Å²) >= 11 is 1.46. The Hall–Kier alpha value is -1.46. The van der Waals surface area contributed by atoms with Crippen LogP contribution in [-0.4, -0.2) is 10.1 Å². The van der Waals surface area contributed by atoms with E-state index < -0.39 is 11.9 Å². The number of aliphatic hydroxyl groups excluding tert-OH is 1. The molecule has 0 fully saturated rings. The molecular formula is C12H12FNO2S. The number of ether oxygens (including phenoxy) is 1. The lowest BCUT2D eigenvalue weighted by Crippen LogP contribution is -1.98. The van der Waals surface area contributed by atoms with Crippen molar-refractivity contribution >= 4 is 11.3 Å². The molecule has 1 aromatic heterocycles. The molecule has 1 N–H and O–H groups in total. The summed E-state index contributed by atoms with van der Waals surface area (Å²) in [6, 6.07) is 4.44. The Morgan fingerprint density at radius 1 is 1.53 bits per heavy atom. The number of rotatable bonds is 4. The zero-order chi connectivity index (χ0) is 12.3. The second-order valence-electron chi connectivity index (χ2n) is 3.58. The zero-order valence-electron chi connectivity index (χ0n) is 9.26. The Bertz CT molecular complexity index is 485. The van der Waals surface area contributed by atoms with Gasteiger partial charge in [-0.2, -0.15) is 0 Å². The predicted octanol–water partition coefficient (Wildman–Crippen LogP) is 2.91. The van der Waals surface area contributed by atoms with Crippen molar-refractivity contribution in [1.82, 2.24) is 4.98 Å². The van der Waals surface area contributed by atoms with Gasteiger partial charge in [0.2, 0.25) is 0 Å². The summed E-state index contributed by atoms with van der Waals surface area (Å²) in [5.74, 6) is -0.301. The maximum atomic E-state index is 13.6. The van der Waals surface area contributed by atoms with E-state index in [0.29, 0.717) is 5.56 Å². The van der Waals surface area contributed by atoms with Crippen LogP contribution in [0.25, 0.3) is 0 Å². The first-order valence-corrected chi connectivity index (χ1v) is 6.03. The van der Waals surface area contributed by atoms with Crippen LogP contribution in [0.5, 0.6) is 5.75 Å². The number of hydrogen-bond acceptors (Lipinski definition) is 4. The Morgan fingerprint density at radius 2 is 2.35 bits per heavy atom. The molecule has 0 aliphatic carbocycles. The van der Waals surface area contributed by atoms with E-state index in [1.165, 1.54) is 23.5 Å². The average molecular weight is 253 g/mol. The normalized spacial score (nSPS) is 12.4. The van der Waals surface area contributed by atoms with Gasteiger partial charge in [0.15, 0.2) is 11.6 Å². The Kier molecular flexibility index (Phi) is 3.71. The number of hydrogen-bond donors (Lipinski definition) is 1. The van der Waals surface area contributed by atoms with Gasteiger partial charge in [-0.15, -0.1) is 11.3 Å². The van der Waals surface area contributed by atoms with Crippen LogP contribution >= 0.6 is 11.3 Å². The number of thiazole rings is 1. The quantitative estimate of drug-likeness (QED) is 0.911. The number of aliphatic hydroxyl groups is 1. The Morgan fingerprint density at radius 3 is 2.94 bits per heavy atom. The SMILES string of the molecule is CC(O)c1ccc(OCc2nccs2)c(F)c1. The fourth-order valence-corrected chi connectivity index (χ4v) is 1.89. The van der Waals surface area contributed by atoms with Crippen LogP contribution in [-0.2, 0) is 6.61 Å². The van der Waals surface area contributed by atoms with Gasteiger partial charge in [0.1, 0.15) is 11.6 Å². The molecule has 0 amide bonds. The van der Waals surface area contributed by atoms with Crippen molar-refractivity contribution in [2.75, 3.05) is 0 Å². The third-order valence-corrected chi connectivity index (χ3v) is 3.03. The van der Waals surface area contributed by atoms with Crippen LogP contribution in [0.3, 0.4) is 0 Å². The molecule has 0 aliphatic heterocycles. The fourth-order valence-electron chi connectivity index (χ4n) is 1.36. The monoisotopic (exact) mass is 253 g/mol. The summed E-state index contributed by atoms with van der Waals surface area (Å²) in [5, 5.41) is 11.9. The molecule has 3 nitrogen and oxygen atoms in total. The molecule has 0 saturated heterocycles. The summed E-state index contributed by atoms with van der Waals surface area (Å²) in [4.78, 5) is 4.04. The van der Waals surface area contributed by atoms with Gasteiger partial charge < -0.3 is 9.84 Å². The molecule has 5 heteroatoms. The minimum absolute atomic E-state index is 0.171. The summed E-state index contributed by atoms with van der Waals surface area (Å²) in [5.41, 5.74) is 0.532. The van der Waals surface area contributed by atoms with Crippen molar-refractivity contribution in [2.24, 2.45) is 0 Å². The molecule has 0 saturated carbocycles. The molecule has 1 atom stereocenters. The van der Waals surface area contributed by atoms with Gasteiger partial charge in [0.25, 0.3) is 0 Å². The molecular weight excluding hydrogens is 241 g/mol. The van der Waals surface area contributed by atoms with Crippen molar-refractivity contribution in [1.29, 1.82) is 0 Å². The van der Waals surface area contributed by atoms with E-state index in [9.17, 15) is 9.50 Å². The summed E-state index contributed by atoms with van der Waals surface area (Å²) < 4.78 is 18.9. The Labute approximate surface area is 103 Å². The summed E-state index contributed by atoms with van der Waals surface area (Å²) in [6.07, 6.45) is 0.994. The average Bonchev–Trinajstić information content (AvgIpc) is 2.80. The van der Waals surface area contributed by atoms with E-state index in [1.807, 2.05) is 5.38 Å². The van der Waals surface area contributed by atoms with Gasteiger partial charge in [0, 0.05) is 11.6 Å². The molecule has 0 aliphatic rings. The molecule has 1 aromatic carbocycles. The number of halogens is 1. The number of nitrogens with zero attached hydrogens (tertiary/aromatic N) is 1. The molecule has 1 heterocycles. The molecule has 2 rings (SSSR count). The first kappa shape index (κ1) is 12.0. The predicted molar refractivity (Wildman–Crippen MR) is 63.5 cm³/mol. The summed E-state index contributed by atoms with van der Waals surface area (Å²) in [7, 11) is 0. The van der Waals surface area contributed by atoms with Crippen LogP contribution in [0.1, 0.15) is 23.6 Å². The Balaban J connectivity index is 2.06. The standard InChI is InChI=1S/C12H12FNO2S/c1-8(15)9-2-3-11(10(13)6-9)16-7-12-14-4-5-17-12/h2-6,8,15H,7H2,1H3. The third kappa shape index (κ3) is 3.01. The maximum absolute atomic E-state index is 13.6. The van der Waals surface area contributed by atoms with Gasteiger partial charge in [-0.05, 0) is 24.6 Å². The molecule has 17 heavy (non-hydrogen) atoms. The van der Waals surface area contributed by atoms with E-state index in [2.05, 4.69) is 4.98 Å². The van der Waals surface area contributed by atoms with Crippen molar-refractivity contribution in [3.63, 3.8) is 0 Å². The van der Waals surface area contributed by atoms with Gasteiger partial charge in [0.05, 0.1) is 6.10 Å². The van der Waals surface area contributed by atoms with Crippen LogP contribution in [0.2, 0.25) is 0 Å². The largest absolute Gasteiger partial charge is 0.483 e. The molecule has 0 radical (unpaired) electrons. The van der Waals surface area contributed by atoms with Gasteiger partial charge in [-0.1, -0.05) is 6.07 Å². The molecule has 0 bridgehead atoms. The van der Waals surface area contributed by atoms with E-state index >= 15 is 0 Å². The zero-order valence-corrected chi connectivity index (χ0v) is 10.1. The van der Waals surface area contributed by atoms with Crippen molar-refractivity contribution in [2.45, 2.75) is 19.6 Å². The van der Waals surface area contributed by atoms with Gasteiger partial charge in [-0.3, -0.25) is 0 Å². The van der Waals surface area contributed by atoms with Crippen LogP contribution in [0.4, 0.5) is 4.39 Å². The van der Waals surface area contributed by atoms with Crippen LogP contribution < -0.4 is 4.74 Å². The first-order chi connectivity index (χ1) is 8.16.